The van der Waals surface area contributed by atoms with Crippen LogP contribution in [0.15, 0.2) is 24.3 Å². The first kappa shape index (κ1) is 15.5. The summed E-state index contributed by atoms with van der Waals surface area (Å²) in [7, 11) is 1.62. The molecule has 0 saturated heterocycles. The van der Waals surface area contributed by atoms with E-state index in [0.29, 0.717) is 0 Å². The van der Waals surface area contributed by atoms with E-state index in [9.17, 15) is 4.79 Å². The Bertz CT molecular complexity index is 438. The van der Waals surface area contributed by atoms with Gasteiger partial charge in [-0.3, -0.25) is 4.79 Å². The van der Waals surface area contributed by atoms with E-state index in [-0.39, 0.29) is 17.4 Å². The lowest BCUT2D eigenvalue weighted by Gasteiger charge is -2.27. The molecule has 0 aliphatic rings. The standard InChI is InChI=1S/C15H24N2O2/c1-10(11-7-6-8-12(9-11)19-5)17-14(18)13(16)15(2,3)4/h6-10,13H,16H2,1-5H3,(H,17,18)/t10-,13-/m0/s1. The molecule has 1 amide bonds. The summed E-state index contributed by atoms with van der Waals surface area (Å²) in [6, 6.07) is 7.01. The summed E-state index contributed by atoms with van der Waals surface area (Å²) in [5.41, 5.74) is 6.68. The summed E-state index contributed by atoms with van der Waals surface area (Å²) < 4.78 is 5.17. The number of benzene rings is 1. The molecule has 0 heterocycles. The summed E-state index contributed by atoms with van der Waals surface area (Å²) in [4.78, 5) is 12.1. The van der Waals surface area contributed by atoms with E-state index in [1.54, 1.807) is 7.11 Å². The molecule has 0 fully saturated rings. The van der Waals surface area contributed by atoms with Gasteiger partial charge in [-0.25, -0.2) is 0 Å². The number of carbonyl (C=O) groups is 1. The van der Waals surface area contributed by atoms with E-state index in [0.717, 1.165) is 11.3 Å². The SMILES string of the molecule is COc1cccc([C@H](C)NC(=O)[C@H](N)C(C)(C)C)c1. The van der Waals surface area contributed by atoms with Crippen LogP contribution in [0.2, 0.25) is 0 Å². The lowest BCUT2D eigenvalue weighted by molar-refractivity contribution is -0.125. The molecule has 0 unspecified atom stereocenters. The van der Waals surface area contributed by atoms with Crippen LogP contribution in [0.3, 0.4) is 0 Å². The molecule has 0 spiro atoms. The van der Waals surface area contributed by atoms with Crippen LogP contribution >= 0.6 is 0 Å². The van der Waals surface area contributed by atoms with Gasteiger partial charge in [-0.1, -0.05) is 32.9 Å². The van der Waals surface area contributed by atoms with E-state index in [2.05, 4.69) is 5.32 Å². The third kappa shape index (κ3) is 4.24. The normalized spacial score (nSPS) is 14.6. The topological polar surface area (TPSA) is 64.3 Å². The number of amides is 1. The summed E-state index contributed by atoms with van der Waals surface area (Å²) in [5, 5.41) is 2.93. The van der Waals surface area contributed by atoms with Crippen LogP contribution in [0.25, 0.3) is 0 Å². The Balaban J connectivity index is 2.74. The summed E-state index contributed by atoms with van der Waals surface area (Å²) in [5.74, 6) is 0.640. The van der Waals surface area contributed by atoms with Crippen LogP contribution in [0.1, 0.15) is 39.3 Å². The average Bonchev–Trinajstić information content (AvgIpc) is 2.36. The van der Waals surface area contributed by atoms with Gasteiger partial charge in [0.25, 0.3) is 0 Å². The van der Waals surface area contributed by atoms with Crippen LogP contribution in [0.5, 0.6) is 5.75 Å². The van der Waals surface area contributed by atoms with Crippen LogP contribution < -0.4 is 15.8 Å². The second kappa shape index (κ2) is 6.06. The van der Waals surface area contributed by atoms with Gasteiger partial charge in [0.2, 0.25) is 5.91 Å². The maximum atomic E-state index is 12.1. The smallest absolute Gasteiger partial charge is 0.237 e. The van der Waals surface area contributed by atoms with Crippen molar-refractivity contribution < 1.29 is 9.53 Å². The highest BCUT2D eigenvalue weighted by Crippen LogP contribution is 2.21. The Hall–Kier alpha value is -1.55. The van der Waals surface area contributed by atoms with E-state index in [4.69, 9.17) is 10.5 Å². The number of methoxy groups -OCH3 is 1. The molecule has 0 saturated carbocycles. The molecule has 0 aliphatic heterocycles. The third-order valence-electron chi connectivity index (χ3n) is 3.17. The van der Waals surface area contributed by atoms with Crippen molar-refractivity contribution in [1.82, 2.24) is 5.32 Å². The van der Waals surface area contributed by atoms with E-state index in [1.165, 1.54) is 0 Å². The largest absolute Gasteiger partial charge is 0.497 e. The highest BCUT2D eigenvalue weighted by molar-refractivity contribution is 5.82. The average molecular weight is 264 g/mol. The number of rotatable bonds is 4. The van der Waals surface area contributed by atoms with Crippen molar-refractivity contribution in [1.29, 1.82) is 0 Å². The van der Waals surface area contributed by atoms with Gasteiger partial charge in [0.05, 0.1) is 19.2 Å². The molecule has 0 bridgehead atoms. The lowest BCUT2D eigenvalue weighted by atomic mass is 9.86. The third-order valence-corrected chi connectivity index (χ3v) is 3.17. The van der Waals surface area contributed by atoms with Crippen LogP contribution in [-0.2, 0) is 4.79 Å². The fraction of sp³-hybridized carbons (Fsp3) is 0.533. The first-order valence-corrected chi connectivity index (χ1v) is 6.45. The summed E-state index contributed by atoms with van der Waals surface area (Å²) in [6.07, 6.45) is 0. The van der Waals surface area contributed by atoms with Crippen molar-refractivity contribution >= 4 is 5.91 Å². The molecule has 4 heteroatoms. The first-order chi connectivity index (χ1) is 8.75. The van der Waals surface area contributed by atoms with Crippen molar-refractivity contribution in [3.63, 3.8) is 0 Å². The molecule has 106 valence electrons. The van der Waals surface area contributed by atoms with Gasteiger partial charge in [0, 0.05) is 0 Å². The van der Waals surface area contributed by atoms with Crippen molar-refractivity contribution in [2.24, 2.45) is 11.1 Å². The van der Waals surface area contributed by atoms with Crippen molar-refractivity contribution in [3.05, 3.63) is 29.8 Å². The molecule has 19 heavy (non-hydrogen) atoms. The number of nitrogens with two attached hydrogens (primary N) is 1. The fourth-order valence-electron chi connectivity index (χ4n) is 1.69. The second-order valence-electron chi connectivity index (χ2n) is 5.85. The highest BCUT2D eigenvalue weighted by Gasteiger charge is 2.28. The van der Waals surface area contributed by atoms with Gasteiger partial charge < -0.3 is 15.8 Å². The van der Waals surface area contributed by atoms with Crippen LogP contribution in [-0.4, -0.2) is 19.1 Å². The van der Waals surface area contributed by atoms with Crippen LogP contribution in [0.4, 0.5) is 0 Å². The number of hydrogen-bond acceptors (Lipinski definition) is 3. The Morgan fingerprint density at radius 1 is 1.37 bits per heavy atom. The van der Waals surface area contributed by atoms with Gasteiger partial charge >= 0.3 is 0 Å². The fourth-order valence-corrected chi connectivity index (χ4v) is 1.69. The van der Waals surface area contributed by atoms with Gasteiger partial charge in [0.15, 0.2) is 0 Å². The Morgan fingerprint density at radius 2 is 2.00 bits per heavy atom. The molecule has 0 aliphatic carbocycles. The van der Waals surface area contributed by atoms with E-state index in [1.807, 2.05) is 52.0 Å². The van der Waals surface area contributed by atoms with Crippen molar-refractivity contribution in [2.75, 3.05) is 7.11 Å². The Labute approximate surface area is 115 Å². The van der Waals surface area contributed by atoms with Gasteiger partial charge in [0.1, 0.15) is 5.75 Å². The molecule has 1 aromatic carbocycles. The van der Waals surface area contributed by atoms with Gasteiger partial charge in [-0.05, 0) is 30.0 Å². The minimum atomic E-state index is -0.527. The maximum absolute atomic E-state index is 12.1. The van der Waals surface area contributed by atoms with Gasteiger partial charge in [-0.15, -0.1) is 0 Å². The molecule has 0 aromatic heterocycles. The highest BCUT2D eigenvalue weighted by atomic mass is 16.5. The monoisotopic (exact) mass is 264 g/mol. The molecule has 1 aromatic rings. The van der Waals surface area contributed by atoms with E-state index < -0.39 is 6.04 Å². The number of carbonyl (C=O) groups excluding carboxylic acids is 1. The Kier molecular flexibility index (Phi) is 4.95. The molecule has 0 radical (unpaired) electrons. The van der Waals surface area contributed by atoms with Crippen molar-refractivity contribution in [2.45, 2.75) is 39.8 Å². The quantitative estimate of drug-likeness (QED) is 0.876. The zero-order chi connectivity index (χ0) is 14.6. The first-order valence-electron chi connectivity index (χ1n) is 6.45. The second-order valence-corrected chi connectivity index (χ2v) is 5.85. The maximum Gasteiger partial charge on any atom is 0.237 e. The van der Waals surface area contributed by atoms with E-state index >= 15 is 0 Å². The predicted octanol–water partition coefficient (Wildman–Crippen LogP) is 2.25. The van der Waals surface area contributed by atoms with Crippen LogP contribution in [0, 0.1) is 5.41 Å². The number of hydrogen-bond donors (Lipinski definition) is 2. The molecule has 4 nitrogen and oxygen atoms in total. The predicted molar refractivity (Wildman–Crippen MR) is 77.0 cm³/mol. The van der Waals surface area contributed by atoms with Crippen molar-refractivity contribution in [3.8, 4) is 5.75 Å². The molecule has 1 rings (SSSR count). The summed E-state index contributed by atoms with van der Waals surface area (Å²) >= 11 is 0. The zero-order valence-electron chi connectivity index (χ0n) is 12.4. The molecule has 2 atom stereocenters. The summed E-state index contributed by atoms with van der Waals surface area (Å²) in [6.45, 7) is 7.79. The molecular formula is C15H24N2O2. The number of nitrogens with one attached hydrogen (secondary N) is 1. The minimum Gasteiger partial charge on any atom is -0.497 e. The lowest BCUT2D eigenvalue weighted by Crippen LogP contribution is -2.49. The van der Waals surface area contributed by atoms with Gasteiger partial charge in [-0.2, -0.15) is 0 Å². The zero-order valence-corrected chi connectivity index (χ0v) is 12.4. The minimum absolute atomic E-state index is 0.101. The Morgan fingerprint density at radius 3 is 2.53 bits per heavy atom. The number of ether oxygens (including phenoxy) is 1. The molecular weight excluding hydrogens is 240 g/mol. The molecule has 3 N–H and O–H groups in total.